The first-order chi connectivity index (χ1) is 33.4. The molecule has 4 N–H and O–H groups in total. The third-order valence-electron chi connectivity index (χ3n) is 12.3. The first-order valence-electron chi connectivity index (χ1n) is 23.4. The van der Waals surface area contributed by atoms with Crippen LogP contribution >= 0.6 is 34.3 Å². The Morgan fingerprint density at radius 3 is 2.23 bits per heavy atom. The molecule has 3 aromatic heterocycles. The summed E-state index contributed by atoms with van der Waals surface area (Å²) in [7, 11) is 0. The van der Waals surface area contributed by atoms with Crippen molar-refractivity contribution in [2.45, 2.75) is 98.5 Å². The average molecular weight is 1020 g/mol. The highest BCUT2D eigenvalue weighted by Crippen LogP contribution is 2.40. The SMILES string of the molecule is Cc1ncsc1-c1ccc([C@H](C)NC(=O)C2C[C@@H](O)CN2C(=O)[C@H](NC(=O)COCCOCCOCCNC(=O)C[C@@H]2N=C(c3ccc(Cl)cc3)c3c(sc(C)c3C)-n3c(C)nnc32)C(C)(C)C)cc1. The van der Waals surface area contributed by atoms with Gasteiger partial charge in [0.15, 0.2) is 5.82 Å². The highest BCUT2D eigenvalue weighted by atomic mass is 35.5. The fourth-order valence-corrected chi connectivity index (χ4v) is 10.6. The second-order valence-corrected chi connectivity index (χ2v) is 21.1. The molecule has 1 fully saturated rings. The number of aryl methyl sites for hydroxylation is 3. The summed E-state index contributed by atoms with van der Waals surface area (Å²) < 4.78 is 18.9. The van der Waals surface area contributed by atoms with Crippen molar-refractivity contribution >= 4 is 63.6 Å². The van der Waals surface area contributed by atoms with Crippen molar-refractivity contribution in [2.75, 3.05) is 52.7 Å². The number of β-amino-alcohol motifs (C(OH)–C–C–N with tert-alkyl or cyclic N) is 1. The third kappa shape index (κ3) is 12.5. The van der Waals surface area contributed by atoms with Gasteiger partial charge in [-0.2, -0.15) is 0 Å². The number of thiazole rings is 1. The molecule has 4 amide bonds. The number of amides is 4. The lowest BCUT2D eigenvalue weighted by molar-refractivity contribution is -0.144. The number of benzene rings is 2. The number of nitrogens with zero attached hydrogens (tertiary/aromatic N) is 6. The van der Waals surface area contributed by atoms with Crippen molar-refractivity contribution in [3.63, 3.8) is 0 Å². The Morgan fingerprint density at radius 2 is 1.56 bits per heavy atom. The van der Waals surface area contributed by atoms with Crippen LogP contribution in [0, 0.1) is 33.1 Å². The van der Waals surface area contributed by atoms with Crippen LogP contribution in [0.1, 0.15) is 97.1 Å². The number of likely N-dealkylation sites (tertiary alicyclic amines) is 1. The molecular weight excluding hydrogens is 954 g/mol. The summed E-state index contributed by atoms with van der Waals surface area (Å²) in [5.74, 6) is -0.238. The first kappa shape index (κ1) is 52.4. The van der Waals surface area contributed by atoms with Gasteiger partial charge in [-0.25, -0.2) is 4.98 Å². The van der Waals surface area contributed by atoms with Crippen LogP contribution < -0.4 is 16.0 Å². The predicted octanol–water partition coefficient (Wildman–Crippen LogP) is 6.16. The van der Waals surface area contributed by atoms with Gasteiger partial charge in [0.05, 0.1) is 73.4 Å². The normalized spacial score (nSPS) is 17.5. The predicted molar refractivity (Wildman–Crippen MR) is 270 cm³/mol. The monoisotopic (exact) mass is 1020 g/mol. The molecule has 1 saturated heterocycles. The van der Waals surface area contributed by atoms with Crippen LogP contribution in [-0.4, -0.2) is 130 Å². The smallest absolute Gasteiger partial charge is 0.246 e. The number of thiophene rings is 1. The summed E-state index contributed by atoms with van der Waals surface area (Å²) in [5.41, 5.74) is 7.75. The Bertz CT molecular complexity index is 2680. The molecule has 17 nitrogen and oxygen atoms in total. The van der Waals surface area contributed by atoms with Gasteiger partial charge >= 0.3 is 0 Å². The van der Waals surface area contributed by atoms with E-state index in [0.29, 0.717) is 16.7 Å². The van der Waals surface area contributed by atoms with Gasteiger partial charge in [0.1, 0.15) is 35.6 Å². The number of rotatable bonds is 20. The van der Waals surface area contributed by atoms with Crippen molar-refractivity contribution < 1.29 is 38.5 Å². The number of carbonyl (C=O) groups is 4. The maximum absolute atomic E-state index is 14.0. The van der Waals surface area contributed by atoms with Crippen LogP contribution in [0.3, 0.4) is 0 Å². The molecule has 0 aliphatic carbocycles. The maximum atomic E-state index is 14.0. The Balaban J connectivity index is 0.804. The standard InChI is InChI=1S/C50H62ClN9O8S2/c1-28-31(4)70-49-42(28)43(34-13-15-36(51)16-14-34)55-38(46-58-57-32(5)60(46)49)24-40(62)52-17-18-66-19-20-67-21-22-68-26-41(63)56-45(50(6,7)8)48(65)59-25-37(61)23-39(59)47(64)54-29(2)33-9-11-35(12-10-33)44-30(3)53-27-69-44/h9-16,27,29,37-39,45,61H,17-26H2,1-8H3,(H,52,62)(H,54,64)(H,56,63)/t29-,37+,38-,39?,45-/m0/s1. The summed E-state index contributed by atoms with van der Waals surface area (Å²) in [5, 5.41) is 29.8. The number of nitrogens with one attached hydrogen (secondary N) is 3. The van der Waals surface area contributed by atoms with E-state index in [4.69, 9.17) is 30.8 Å². The Labute approximate surface area is 421 Å². The Kier molecular flexibility index (Phi) is 17.4. The van der Waals surface area contributed by atoms with Crippen LogP contribution in [0.25, 0.3) is 15.4 Å². The molecule has 0 radical (unpaired) electrons. The van der Waals surface area contributed by atoms with E-state index in [0.717, 1.165) is 54.0 Å². The highest BCUT2D eigenvalue weighted by molar-refractivity contribution is 7.15. The second kappa shape index (κ2) is 23.2. The summed E-state index contributed by atoms with van der Waals surface area (Å²) >= 11 is 9.45. The van der Waals surface area contributed by atoms with Gasteiger partial charge in [-0.3, -0.25) is 28.7 Å². The van der Waals surface area contributed by atoms with Crippen molar-refractivity contribution in [1.29, 1.82) is 0 Å². The fourth-order valence-electron chi connectivity index (χ4n) is 8.47. The number of fused-ring (bicyclic) bond motifs is 3. The second-order valence-electron chi connectivity index (χ2n) is 18.6. The number of hydrogen-bond donors (Lipinski definition) is 4. The lowest BCUT2D eigenvalue weighted by Crippen LogP contribution is -2.58. The topological polar surface area (TPSA) is 211 Å². The molecule has 374 valence electrons. The van der Waals surface area contributed by atoms with E-state index in [2.05, 4.69) is 45.0 Å². The summed E-state index contributed by atoms with van der Waals surface area (Å²) in [6.07, 6.45) is -0.753. The molecule has 70 heavy (non-hydrogen) atoms. The number of aliphatic hydroxyl groups excluding tert-OH is 1. The van der Waals surface area contributed by atoms with Crippen LogP contribution in [0.15, 0.2) is 59.0 Å². The highest BCUT2D eigenvalue weighted by Gasteiger charge is 2.45. The molecule has 2 aliphatic rings. The number of hydrogen-bond acceptors (Lipinski definition) is 14. The van der Waals surface area contributed by atoms with Crippen LogP contribution in [0.5, 0.6) is 0 Å². The summed E-state index contributed by atoms with van der Waals surface area (Å²) in [4.78, 5) is 67.1. The van der Waals surface area contributed by atoms with Crippen molar-refractivity contribution in [2.24, 2.45) is 10.4 Å². The molecule has 7 rings (SSSR count). The molecule has 0 spiro atoms. The quantitative estimate of drug-likeness (QED) is 0.0649. The lowest BCUT2D eigenvalue weighted by Gasteiger charge is -2.35. The Morgan fingerprint density at radius 1 is 0.886 bits per heavy atom. The molecular formula is C50H62ClN9O8S2. The van der Waals surface area contributed by atoms with Gasteiger partial charge in [0.25, 0.3) is 0 Å². The van der Waals surface area contributed by atoms with Gasteiger partial charge in [0.2, 0.25) is 23.6 Å². The van der Waals surface area contributed by atoms with E-state index in [1.807, 2.05) is 100 Å². The molecule has 20 heteroatoms. The minimum atomic E-state index is -0.991. The van der Waals surface area contributed by atoms with E-state index < -0.39 is 41.5 Å². The maximum Gasteiger partial charge on any atom is 0.246 e. The molecule has 5 atom stereocenters. The van der Waals surface area contributed by atoms with E-state index in [1.165, 1.54) is 4.90 Å². The van der Waals surface area contributed by atoms with Crippen LogP contribution in [-0.2, 0) is 33.4 Å². The first-order valence-corrected chi connectivity index (χ1v) is 25.4. The van der Waals surface area contributed by atoms with Crippen molar-refractivity contribution in [3.8, 4) is 15.4 Å². The Hall–Kier alpha value is -5.41. The molecule has 1 unspecified atom stereocenters. The zero-order chi connectivity index (χ0) is 50.3. The van der Waals surface area contributed by atoms with E-state index in [9.17, 15) is 24.3 Å². The van der Waals surface area contributed by atoms with Gasteiger partial charge in [-0.15, -0.1) is 32.9 Å². The van der Waals surface area contributed by atoms with Crippen LogP contribution in [0.2, 0.25) is 5.02 Å². The molecule has 2 aliphatic heterocycles. The van der Waals surface area contributed by atoms with Gasteiger partial charge < -0.3 is 40.2 Å². The molecule has 5 heterocycles. The molecule has 0 bridgehead atoms. The minimum absolute atomic E-state index is 0.0337. The zero-order valence-corrected chi connectivity index (χ0v) is 43.2. The number of aromatic nitrogens is 4. The zero-order valence-electron chi connectivity index (χ0n) is 40.8. The molecule has 0 saturated carbocycles. The summed E-state index contributed by atoms with van der Waals surface area (Å²) in [6.45, 7) is 16.4. The van der Waals surface area contributed by atoms with E-state index in [-0.39, 0.29) is 83.4 Å². The van der Waals surface area contributed by atoms with Gasteiger partial charge in [-0.05, 0) is 68.9 Å². The number of halogens is 1. The van der Waals surface area contributed by atoms with Crippen molar-refractivity contribution in [3.05, 3.63) is 104 Å². The van der Waals surface area contributed by atoms with Gasteiger partial charge in [0, 0.05) is 40.5 Å². The third-order valence-corrected chi connectivity index (χ3v) is 14.8. The molecule has 2 aromatic carbocycles. The summed E-state index contributed by atoms with van der Waals surface area (Å²) in [6, 6.07) is 12.6. The number of carbonyl (C=O) groups excluding carboxylic acids is 4. The van der Waals surface area contributed by atoms with Gasteiger partial charge in [-0.1, -0.05) is 68.8 Å². The number of aliphatic hydroxyl groups is 1. The lowest BCUT2D eigenvalue weighted by atomic mass is 9.85. The average Bonchev–Trinajstić information content (AvgIpc) is 4.09. The van der Waals surface area contributed by atoms with Crippen LogP contribution in [0.4, 0.5) is 0 Å². The fraction of sp³-hybridized carbons (Fsp3) is 0.480. The van der Waals surface area contributed by atoms with E-state index >= 15 is 0 Å². The number of aliphatic imine (C=N–C) groups is 1. The largest absolute Gasteiger partial charge is 0.391 e. The van der Waals surface area contributed by atoms with Crippen molar-refractivity contribution in [1.82, 2.24) is 40.6 Å². The molecule has 5 aromatic rings. The number of ether oxygens (including phenoxy) is 3. The minimum Gasteiger partial charge on any atom is -0.391 e. The van der Waals surface area contributed by atoms with E-state index in [1.54, 1.807) is 22.7 Å².